The molecule has 2 amide bonds. The standard InChI is InChI=1S/C33H50N4O6S/c1-6-25(4)32(35-31(39)23-36-18-10-11-19-36)33(40)34-29(20-26-12-8-7-9-13-26)30(38)22-37(21-24(2)3)44(41,42)28-16-14-27(43-5)15-17-28/h7-9,12-17,24-25,29-30,32,38H,6,10-11,18-23H2,1-5H3,(H,34,40)(H,35,39)/t25?,29-,30?,32-/m0/s1. The van der Waals surface area contributed by atoms with Crippen molar-refractivity contribution in [1.82, 2.24) is 19.8 Å². The zero-order valence-corrected chi connectivity index (χ0v) is 27.6. The predicted molar refractivity (Wildman–Crippen MR) is 172 cm³/mol. The van der Waals surface area contributed by atoms with Crippen LogP contribution in [0, 0.1) is 11.8 Å². The Morgan fingerprint density at radius 3 is 2.18 bits per heavy atom. The average Bonchev–Trinajstić information content (AvgIpc) is 3.52. The van der Waals surface area contributed by atoms with Crippen molar-refractivity contribution in [3.8, 4) is 5.75 Å². The first-order valence-electron chi connectivity index (χ1n) is 15.6. The molecule has 1 saturated heterocycles. The first-order chi connectivity index (χ1) is 20.9. The Kier molecular flexibility index (Phi) is 13.6. The van der Waals surface area contributed by atoms with Gasteiger partial charge in [-0.15, -0.1) is 0 Å². The van der Waals surface area contributed by atoms with Crippen LogP contribution in [0.3, 0.4) is 0 Å². The number of aliphatic hydroxyl groups excluding tert-OH is 1. The molecule has 10 nitrogen and oxygen atoms in total. The number of nitrogens with zero attached hydrogens (tertiary/aromatic N) is 2. The molecule has 2 aromatic carbocycles. The fraction of sp³-hybridized carbons (Fsp3) is 0.576. The SMILES string of the molecule is CCC(C)[C@H](NC(=O)CN1CCCC1)C(=O)N[C@@H](Cc1ccccc1)C(O)CN(CC(C)C)S(=O)(=O)c1ccc(OC)cc1. The smallest absolute Gasteiger partial charge is 0.243 e. The van der Waals surface area contributed by atoms with Crippen LogP contribution < -0.4 is 15.4 Å². The number of carbonyl (C=O) groups excluding carboxylic acids is 2. The molecule has 3 rings (SSSR count). The van der Waals surface area contributed by atoms with Gasteiger partial charge in [0.25, 0.3) is 0 Å². The van der Waals surface area contributed by atoms with Gasteiger partial charge in [0.2, 0.25) is 21.8 Å². The van der Waals surface area contributed by atoms with E-state index in [9.17, 15) is 23.1 Å². The molecular weight excluding hydrogens is 580 g/mol. The van der Waals surface area contributed by atoms with Crippen molar-refractivity contribution in [1.29, 1.82) is 0 Å². The van der Waals surface area contributed by atoms with Gasteiger partial charge in [-0.05, 0) is 74.0 Å². The quantitative estimate of drug-likeness (QED) is 0.245. The highest BCUT2D eigenvalue weighted by molar-refractivity contribution is 7.89. The molecular formula is C33H50N4O6S. The summed E-state index contributed by atoms with van der Waals surface area (Å²) in [6, 6.07) is 14.0. The second-order valence-electron chi connectivity index (χ2n) is 12.2. The van der Waals surface area contributed by atoms with Crippen molar-refractivity contribution in [2.24, 2.45) is 11.8 Å². The Morgan fingerprint density at radius 2 is 1.61 bits per heavy atom. The lowest BCUT2D eigenvalue weighted by molar-refractivity contribution is -0.131. The molecule has 1 fully saturated rings. The molecule has 0 aliphatic carbocycles. The van der Waals surface area contributed by atoms with E-state index >= 15 is 0 Å². The summed E-state index contributed by atoms with van der Waals surface area (Å²) in [5.74, 6) is -0.241. The van der Waals surface area contributed by atoms with Crippen LogP contribution in [0.5, 0.6) is 5.75 Å². The van der Waals surface area contributed by atoms with E-state index in [0.717, 1.165) is 31.5 Å². The maximum Gasteiger partial charge on any atom is 0.243 e. The van der Waals surface area contributed by atoms with E-state index in [1.807, 2.05) is 58.0 Å². The van der Waals surface area contributed by atoms with Gasteiger partial charge in [-0.25, -0.2) is 8.42 Å². The van der Waals surface area contributed by atoms with Gasteiger partial charge in [0.15, 0.2) is 0 Å². The lowest BCUT2D eigenvalue weighted by atomic mass is 9.96. The molecule has 4 atom stereocenters. The van der Waals surface area contributed by atoms with E-state index in [0.29, 0.717) is 12.2 Å². The zero-order chi connectivity index (χ0) is 32.3. The van der Waals surface area contributed by atoms with Crippen LogP contribution in [0.15, 0.2) is 59.5 Å². The molecule has 0 radical (unpaired) electrons. The summed E-state index contributed by atoms with van der Waals surface area (Å²) in [6.07, 6.45) is 1.83. The van der Waals surface area contributed by atoms with Gasteiger partial charge in [0, 0.05) is 13.1 Å². The normalized spacial score (nSPS) is 16.8. The minimum absolute atomic E-state index is 0.0157. The van der Waals surface area contributed by atoms with E-state index in [1.165, 1.54) is 23.5 Å². The lowest BCUT2D eigenvalue weighted by Crippen LogP contribution is -2.57. The summed E-state index contributed by atoms with van der Waals surface area (Å²) in [4.78, 5) is 28.9. The number of likely N-dealkylation sites (tertiary alicyclic amines) is 1. The summed E-state index contributed by atoms with van der Waals surface area (Å²) >= 11 is 0. The molecule has 44 heavy (non-hydrogen) atoms. The molecule has 0 bridgehead atoms. The molecule has 0 saturated carbocycles. The number of hydrogen-bond donors (Lipinski definition) is 3. The second-order valence-corrected chi connectivity index (χ2v) is 14.1. The number of nitrogens with one attached hydrogen (secondary N) is 2. The van der Waals surface area contributed by atoms with Crippen molar-refractivity contribution >= 4 is 21.8 Å². The number of carbonyl (C=O) groups is 2. The summed E-state index contributed by atoms with van der Waals surface area (Å²) < 4.78 is 33.9. The maximum atomic E-state index is 13.8. The molecule has 0 aromatic heterocycles. The first-order valence-corrected chi connectivity index (χ1v) is 17.1. The summed E-state index contributed by atoms with van der Waals surface area (Å²) in [7, 11) is -2.46. The van der Waals surface area contributed by atoms with E-state index in [2.05, 4.69) is 15.5 Å². The van der Waals surface area contributed by atoms with Crippen molar-refractivity contribution in [3.63, 3.8) is 0 Å². The third kappa shape index (κ3) is 10.3. The van der Waals surface area contributed by atoms with Crippen LogP contribution in [0.4, 0.5) is 0 Å². The third-order valence-electron chi connectivity index (χ3n) is 8.13. The number of rotatable bonds is 17. The highest BCUT2D eigenvalue weighted by Gasteiger charge is 2.34. The van der Waals surface area contributed by atoms with Crippen LogP contribution in [-0.4, -0.2) is 92.6 Å². The van der Waals surface area contributed by atoms with E-state index in [-0.39, 0.29) is 48.7 Å². The summed E-state index contributed by atoms with van der Waals surface area (Å²) in [5, 5.41) is 17.5. The van der Waals surface area contributed by atoms with Gasteiger partial charge >= 0.3 is 0 Å². The van der Waals surface area contributed by atoms with Gasteiger partial charge in [0.1, 0.15) is 11.8 Å². The first kappa shape index (κ1) is 35.5. The molecule has 11 heteroatoms. The Morgan fingerprint density at radius 1 is 0.977 bits per heavy atom. The van der Waals surface area contributed by atoms with Crippen molar-refractivity contribution < 1.29 is 27.9 Å². The van der Waals surface area contributed by atoms with Crippen LogP contribution in [0.25, 0.3) is 0 Å². The Bertz CT molecular complexity index is 1280. The van der Waals surface area contributed by atoms with E-state index in [4.69, 9.17) is 4.74 Å². The number of aliphatic hydroxyl groups is 1. The van der Waals surface area contributed by atoms with Gasteiger partial charge in [-0.3, -0.25) is 14.5 Å². The van der Waals surface area contributed by atoms with E-state index < -0.39 is 34.1 Å². The molecule has 1 aliphatic heterocycles. The van der Waals surface area contributed by atoms with Crippen molar-refractivity contribution in [2.45, 2.75) is 76.5 Å². The van der Waals surface area contributed by atoms with Crippen LogP contribution in [-0.2, 0) is 26.0 Å². The Balaban J connectivity index is 1.85. The molecule has 2 unspecified atom stereocenters. The lowest BCUT2D eigenvalue weighted by Gasteiger charge is -2.32. The van der Waals surface area contributed by atoms with E-state index in [1.54, 1.807) is 12.1 Å². The number of amides is 2. The molecule has 2 aromatic rings. The van der Waals surface area contributed by atoms with Crippen molar-refractivity contribution in [2.75, 3.05) is 39.8 Å². The number of ether oxygens (including phenoxy) is 1. The number of sulfonamides is 1. The van der Waals surface area contributed by atoms with Gasteiger partial charge in [-0.2, -0.15) is 4.31 Å². The molecule has 1 heterocycles. The van der Waals surface area contributed by atoms with Crippen LogP contribution in [0.1, 0.15) is 52.5 Å². The number of methoxy groups -OCH3 is 1. The third-order valence-corrected chi connectivity index (χ3v) is 9.97. The van der Waals surface area contributed by atoms with Gasteiger partial charge < -0.3 is 20.5 Å². The summed E-state index contributed by atoms with van der Waals surface area (Å²) in [5.41, 5.74) is 0.878. The highest BCUT2D eigenvalue weighted by Crippen LogP contribution is 2.22. The largest absolute Gasteiger partial charge is 0.497 e. The summed E-state index contributed by atoms with van der Waals surface area (Å²) in [6.45, 7) is 9.62. The molecule has 3 N–H and O–H groups in total. The Hall–Kier alpha value is -2.99. The maximum absolute atomic E-state index is 13.8. The minimum atomic E-state index is -3.97. The van der Waals surface area contributed by atoms with Gasteiger partial charge in [0.05, 0.1) is 30.7 Å². The molecule has 1 aliphatic rings. The highest BCUT2D eigenvalue weighted by atomic mass is 32.2. The molecule has 244 valence electrons. The molecule has 0 spiro atoms. The van der Waals surface area contributed by atoms with Crippen molar-refractivity contribution in [3.05, 3.63) is 60.2 Å². The predicted octanol–water partition coefficient (Wildman–Crippen LogP) is 3.06. The second kappa shape index (κ2) is 16.9. The Labute approximate surface area is 263 Å². The minimum Gasteiger partial charge on any atom is -0.497 e. The van der Waals surface area contributed by atoms with Gasteiger partial charge in [-0.1, -0.05) is 64.4 Å². The van der Waals surface area contributed by atoms with Crippen LogP contribution in [0.2, 0.25) is 0 Å². The monoisotopic (exact) mass is 630 g/mol. The number of hydrogen-bond acceptors (Lipinski definition) is 7. The average molecular weight is 631 g/mol. The fourth-order valence-corrected chi connectivity index (χ4v) is 7.02. The fourth-order valence-electron chi connectivity index (χ4n) is 5.40. The van der Waals surface area contributed by atoms with Crippen LogP contribution >= 0.6 is 0 Å². The number of benzene rings is 2. The topological polar surface area (TPSA) is 128 Å². The zero-order valence-electron chi connectivity index (χ0n) is 26.7.